The third-order valence-electron chi connectivity index (χ3n) is 5.36. The van der Waals surface area contributed by atoms with E-state index >= 15 is 0 Å². The predicted octanol–water partition coefficient (Wildman–Crippen LogP) is 2.96. The van der Waals surface area contributed by atoms with Gasteiger partial charge in [-0.05, 0) is 30.5 Å². The van der Waals surface area contributed by atoms with Crippen molar-refractivity contribution in [2.45, 2.75) is 25.0 Å². The van der Waals surface area contributed by atoms with Crippen molar-refractivity contribution < 1.29 is 23.5 Å². The highest BCUT2D eigenvalue weighted by atomic mass is 19.1. The van der Waals surface area contributed by atoms with E-state index in [1.54, 1.807) is 36.4 Å². The highest BCUT2D eigenvalue weighted by Gasteiger charge is 2.52. The molecular weight excluding hydrogens is 361 g/mol. The van der Waals surface area contributed by atoms with Crippen molar-refractivity contribution in [2.24, 2.45) is 5.92 Å². The molecule has 2 aromatic carbocycles. The number of carbonyl (C=O) groups is 3. The van der Waals surface area contributed by atoms with Crippen molar-refractivity contribution >= 4 is 17.5 Å². The number of ketones is 2. The summed E-state index contributed by atoms with van der Waals surface area (Å²) in [4.78, 5) is 40.1. The number of rotatable bonds is 5. The van der Waals surface area contributed by atoms with Gasteiger partial charge in [0.15, 0.2) is 5.78 Å². The van der Waals surface area contributed by atoms with Gasteiger partial charge in [-0.2, -0.15) is 0 Å². The van der Waals surface area contributed by atoms with Crippen LogP contribution in [-0.4, -0.2) is 41.6 Å². The van der Waals surface area contributed by atoms with Crippen molar-refractivity contribution in [1.82, 2.24) is 4.90 Å². The molecule has 0 bridgehead atoms. The molecule has 2 aliphatic heterocycles. The number of amides is 1. The normalized spacial score (nSPS) is 24.8. The van der Waals surface area contributed by atoms with Gasteiger partial charge in [0.25, 0.3) is 5.91 Å². The summed E-state index contributed by atoms with van der Waals surface area (Å²) in [5.74, 6) is -3.56. The van der Waals surface area contributed by atoms with E-state index in [0.717, 1.165) is 12.8 Å². The Morgan fingerprint density at radius 2 is 1.89 bits per heavy atom. The molecule has 0 N–H and O–H groups in total. The van der Waals surface area contributed by atoms with Crippen LogP contribution in [0.5, 0.6) is 0 Å². The number of Topliss-reactive ketones (excluding diaryl/α,β-unsaturated/α-hetero) is 2. The largest absolute Gasteiger partial charge is 0.376 e. The molecule has 0 aliphatic carbocycles. The Hall–Kier alpha value is -2.86. The number of hydrogen-bond acceptors (Lipinski definition) is 4. The minimum atomic E-state index is -1.20. The summed E-state index contributed by atoms with van der Waals surface area (Å²) in [5.41, 5.74) is 0.792. The standard InChI is InChI=1S/C22H20FNO4/c23-16-9-4-8-15(12-16)19-18(20(25)14-6-2-1-3-7-14)21(26)22(27)24(19)13-17-10-5-11-28-17/h1-4,6-9,12,17-19H,5,10-11,13H2. The lowest BCUT2D eigenvalue weighted by atomic mass is 9.86. The SMILES string of the molecule is O=C1C(=O)N(CC2CCCO2)C(c2cccc(F)c2)C1C(=O)c1ccccc1. The molecule has 2 aromatic rings. The maximum absolute atomic E-state index is 13.9. The number of carbonyl (C=O) groups excluding carboxylic acids is 3. The molecule has 4 rings (SSSR count). The van der Waals surface area contributed by atoms with Crippen LogP contribution in [0.2, 0.25) is 0 Å². The minimum Gasteiger partial charge on any atom is -0.376 e. The Bertz CT molecular complexity index is 908. The maximum Gasteiger partial charge on any atom is 0.291 e. The zero-order valence-electron chi connectivity index (χ0n) is 15.2. The fourth-order valence-electron chi connectivity index (χ4n) is 4.04. The van der Waals surface area contributed by atoms with E-state index in [0.29, 0.717) is 17.7 Å². The lowest BCUT2D eigenvalue weighted by molar-refractivity contribution is -0.141. The number of halogens is 1. The Morgan fingerprint density at radius 1 is 1.11 bits per heavy atom. The molecule has 144 valence electrons. The van der Waals surface area contributed by atoms with E-state index in [-0.39, 0.29) is 12.6 Å². The molecule has 2 fully saturated rings. The number of benzene rings is 2. The van der Waals surface area contributed by atoms with Crippen LogP contribution in [0.3, 0.4) is 0 Å². The van der Waals surface area contributed by atoms with Crippen LogP contribution in [0.1, 0.15) is 34.8 Å². The van der Waals surface area contributed by atoms with E-state index in [1.165, 1.54) is 23.1 Å². The van der Waals surface area contributed by atoms with E-state index in [2.05, 4.69) is 0 Å². The van der Waals surface area contributed by atoms with Gasteiger partial charge in [0.2, 0.25) is 5.78 Å². The minimum absolute atomic E-state index is 0.182. The Labute approximate surface area is 162 Å². The van der Waals surface area contributed by atoms with Crippen LogP contribution in [0, 0.1) is 11.7 Å². The lowest BCUT2D eigenvalue weighted by Crippen LogP contribution is -2.37. The molecule has 3 atom stereocenters. The zero-order valence-corrected chi connectivity index (χ0v) is 15.2. The molecule has 2 heterocycles. The summed E-state index contributed by atoms with van der Waals surface area (Å²) in [6.45, 7) is 0.821. The van der Waals surface area contributed by atoms with Crippen molar-refractivity contribution in [3.05, 3.63) is 71.5 Å². The molecule has 0 radical (unpaired) electrons. The molecule has 1 amide bonds. The molecule has 28 heavy (non-hydrogen) atoms. The Balaban J connectivity index is 1.75. The second-order valence-corrected chi connectivity index (χ2v) is 7.16. The molecule has 5 nitrogen and oxygen atoms in total. The van der Waals surface area contributed by atoms with Crippen LogP contribution in [0.4, 0.5) is 4.39 Å². The summed E-state index contributed by atoms with van der Waals surface area (Å²) in [7, 11) is 0. The maximum atomic E-state index is 13.9. The van der Waals surface area contributed by atoms with Crippen LogP contribution in [0.25, 0.3) is 0 Å². The molecule has 0 spiro atoms. The van der Waals surface area contributed by atoms with Crippen molar-refractivity contribution in [2.75, 3.05) is 13.2 Å². The van der Waals surface area contributed by atoms with Crippen LogP contribution >= 0.6 is 0 Å². The highest BCUT2D eigenvalue weighted by Crippen LogP contribution is 2.39. The van der Waals surface area contributed by atoms with E-state index < -0.39 is 35.3 Å². The first-order valence-corrected chi connectivity index (χ1v) is 9.37. The van der Waals surface area contributed by atoms with Gasteiger partial charge < -0.3 is 9.64 Å². The Kier molecular flexibility index (Phi) is 5.05. The van der Waals surface area contributed by atoms with Gasteiger partial charge in [0.05, 0.1) is 12.1 Å². The zero-order chi connectivity index (χ0) is 19.7. The van der Waals surface area contributed by atoms with E-state index in [9.17, 15) is 18.8 Å². The molecule has 0 aromatic heterocycles. The topological polar surface area (TPSA) is 63.7 Å². The average Bonchev–Trinajstić information content (AvgIpc) is 3.30. The first-order valence-electron chi connectivity index (χ1n) is 9.37. The third-order valence-corrected chi connectivity index (χ3v) is 5.36. The first-order chi connectivity index (χ1) is 13.6. The average molecular weight is 381 g/mol. The number of nitrogens with zero attached hydrogens (tertiary/aromatic N) is 1. The quantitative estimate of drug-likeness (QED) is 0.454. The molecule has 2 saturated heterocycles. The van der Waals surface area contributed by atoms with Crippen molar-refractivity contribution in [3.63, 3.8) is 0 Å². The molecule has 3 unspecified atom stereocenters. The van der Waals surface area contributed by atoms with Gasteiger partial charge in [-0.25, -0.2) is 4.39 Å². The number of likely N-dealkylation sites (tertiary alicyclic amines) is 1. The smallest absolute Gasteiger partial charge is 0.291 e. The summed E-state index contributed by atoms with van der Waals surface area (Å²) < 4.78 is 19.5. The fourth-order valence-corrected chi connectivity index (χ4v) is 4.04. The number of ether oxygens (including phenoxy) is 1. The third kappa shape index (κ3) is 3.36. The van der Waals surface area contributed by atoms with Gasteiger partial charge in [-0.1, -0.05) is 42.5 Å². The number of hydrogen-bond donors (Lipinski definition) is 0. The second-order valence-electron chi connectivity index (χ2n) is 7.16. The summed E-state index contributed by atoms with van der Waals surface area (Å²) >= 11 is 0. The van der Waals surface area contributed by atoms with Crippen molar-refractivity contribution in [3.8, 4) is 0 Å². The monoisotopic (exact) mass is 381 g/mol. The van der Waals surface area contributed by atoms with Gasteiger partial charge in [0, 0.05) is 18.7 Å². The summed E-state index contributed by atoms with van der Waals surface area (Å²) in [6.07, 6.45) is 1.49. The Morgan fingerprint density at radius 3 is 2.57 bits per heavy atom. The van der Waals surface area contributed by atoms with Gasteiger partial charge in [-0.3, -0.25) is 14.4 Å². The second kappa shape index (κ2) is 7.64. The lowest BCUT2D eigenvalue weighted by Gasteiger charge is -2.29. The van der Waals surface area contributed by atoms with Gasteiger partial charge >= 0.3 is 0 Å². The summed E-state index contributed by atoms with van der Waals surface area (Å²) in [5, 5.41) is 0. The predicted molar refractivity (Wildman–Crippen MR) is 99.1 cm³/mol. The van der Waals surface area contributed by atoms with Crippen LogP contribution in [0.15, 0.2) is 54.6 Å². The van der Waals surface area contributed by atoms with Gasteiger partial charge in [0.1, 0.15) is 11.7 Å². The molecular formula is C22H20FNO4. The van der Waals surface area contributed by atoms with Gasteiger partial charge in [-0.15, -0.1) is 0 Å². The highest BCUT2D eigenvalue weighted by molar-refractivity contribution is 6.44. The fraction of sp³-hybridized carbons (Fsp3) is 0.318. The molecule has 6 heteroatoms. The van der Waals surface area contributed by atoms with Crippen molar-refractivity contribution in [1.29, 1.82) is 0 Å². The molecule has 0 saturated carbocycles. The first kappa shape index (κ1) is 18.5. The van der Waals surface area contributed by atoms with E-state index in [1.807, 2.05) is 0 Å². The van der Waals surface area contributed by atoms with E-state index in [4.69, 9.17) is 4.74 Å². The van der Waals surface area contributed by atoms with Crippen LogP contribution < -0.4 is 0 Å². The molecule has 2 aliphatic rings. The van der Waals surface area contributed by atoms with Crippen LogP contribution in [-0.2, 0) is 14.3 Å². The summed E-state index contributed by atoms with van der Waals surface area (Å²) in [6, 6.07) is 13.3.